The van der Waals surface area contributed by atoms with E-state index in [1.807, 2.05) is 0 Å². The van der Waals surface area contributed by atoms with Crippen LogP contribution in [0.3, 0.4) is 0 Å². The first-order valence-electron chi connectivity index (χ1n) is 3.48. The highest BCUT2D eigenvalue weighted by Crippen LogP contribution is 2.12. The molecule has 0 spiro atoms. The SMILES string of the molecule is C#CCSc1n[nH]c(NC(C)=O)n1. The van der Waals surface area contributed by atoms with Crippen LogP contribution in [0.25, 0.3) is 0 Å². The van der Waals surface area contributed by atoms with Crippen molar-refractivity contribution >= 4 is 23.6 Å². The molecule has 0 aliphatic heterocycles. The van der Waals surface area contributed by atoms with Crippen LogP contribution >= 0.6 is 11.8 Å². The summed E-state index contributed by atoms with van der Waals surface area (Å²) < 4.78 is 0. The van der Waals surface area contributed by atoms with Crippen LogP contribution in [0.5, 0.6) is 0 Å². The Morgan fingerprint density at radius 3 is 3.23 bits per heavy atom. The molecule has 1 amide bonds. The Morgan fingerprint density at radius 2 is 2.62 bits per heavy atom. The number of rotatable bonds is 3. The highest BCUT2D eigenvalue weighted by molar-refractivity contribution is 7.99. The number of carbonyl (C=O) groups is 1. The zero-order valence-electron chi connectivity index (χ0n) is 7.00. The predicted molar refractivity (Wildman–Crippen MR) is 50.2 cm³/mol. The highest BCUT2D eigenvalue weighted by atomic mass is 32.2. The average Bonchev–Trinajstić information content (AvgIpc) is 2.48. The second kappa shape index (κ2) is 4.52. The molecular formula is C7H8N4OS. The number of nitrogens with zero attached hydrogens (tertiary/aromatic N) is 2. The molecule has 0 radical (unpaired) electrons. The van der Waals surface area contributed by atoms with Crippen molar-refractivity contribution in [2.45, 2.75) is 12.1 Å². The van der Waals surface area contributed by atoms with Gasteiger partial charge in [0.25, 0.3) is 0 Å². The third-order valence-corrected chi connectivity index (χ3v) is 1.80. The van der Waals surface area contributed by atoms with Crippen LogP contribution in [0.1, 0.15) is 6.92 Å². The topological polar surface area (TPSA) is 70.7 Å². The first kappa shape index (κ1) is 9.61. The van der Waals surface area contributed by atoms with Crippen molar-refractivity contribution in [2.24, 2.45) is 0 Å². The lowest BCUT2D eigenvalue weighted by Crippen LogP contribution is -2.06. The van der Waals surface area contributed by atoms with Crippen LogP contribution in [0.4, 0.5) is 5.95 Å². The van der Waals surface area contributed by atoms with Gasteiger partial charge in [-0.05, 0) is 0 Å². The van der Waals surface area contributed by atoms with E-state index in [2.05, 4.69) is 26.4 Å². The second-order valence-corrected chi connectivity index (χ2v) is 3.08. The van der Waals surface area contributed by atoms with Gasteiger partial charge in [0.05, 0.1) is 5.75 Å². The fourth-order valence-corrected chi connectivity index (χ4v) is 1.12. The van der Waals surface area contributed by atoms with Crippen LogP contribution in [0.15, 0.2) is 5.16 Å². The van der Waals surface area contributed by atoms with E-state index < -0.39 is 0 Å². The Morgan fingerprint density at radius 1 is 1.85 bits per heavy atom. The van der Waals surface area contributed by atoms with Gasteiger partial charge in [-0.3, -0.25) is 10.1 Å². The standard InChI is InChI=1S/C7H8N4OS/c1-3-4-13-7-9-6(10-11-7)8-5(2)12/h1H,4H2,2H3,(H2,8,9,10,11,12). The summed E-state index contributed by atoms with van der Waals surface area (Å²) >= 11 is 1.33. The molecule has 1 aromatic rings. The van der Waals surface area contributed by atoms with Crippen LogP contribution in [-0.4, -0.2) is 26.8 Å². The highest BCUT2D eigenvalue weighted by Gasteiger charge is 2.03. The van der Waals surface area contributed by atoms with Gasteiger partial charge in [-0.15, -0.1) is 11.5 Å². The number of aromatic amines is 1. The first-order chi connectivity index (χ1) is 6.22. The van der Waals surface area contributed by atoms with E-state index in [0.717, 1.165) is 0 Å². The maximum absolute atomic E-state index is 10.6. The minimum atomic E-state index is -0.190. The molecule has 0 aliphatic carbocycles. The van der Waals surface area contributed by atoms with Gasteiger partial charge in [0.2, 0.25) is 17.0 Å². The zero-order chi connectivity index (χ0) is 9.68. The molecule has 0 saturated carbocycles. The summed E-state index contributed by atoms with van der Waals surface area (Å²) in [5.74, 6) is 3.11. The number of hydrogen-bond acceptors (Lipinski definition) is 4. The molecule has 1 heterocycles. The minimum absolute atomic E-state index is 0.190. The molecule has 0 aliphatic rings. The number of thioether (sulfide) groups is 1. The smallest absolute Gasteiger partial charge is 0.226 e. The number of amides is 1. The van der Waals surface area contributed by atoms with Crippen molar-refractivity contribution in [3.8, 4) is 12.3 Å². The molecule has 13 heavy (non-hydrogen) atoms. The molecule has 0 atom stereocenters. The van der Waals surface area contributed by atoms with E-state index in [-0.39, 0.29) is 5.91 Å². The van der Waals surface area contributed by atoms with Crippen molar-refractivity contribution in [1.29, 1.82) is 0 Å². The largest absolute Gasteiger partial charge is 0.295 e. The first-order valence-corrected chi connectivity index (χ1v) is 4.47. The predicted octanol–water partition coefficient (Wildman–Crippen LogP) is 0.488. The minimum Gasteiger partial charge on any atom is -0.295 e. The summed E-state index contributed by atoms with van der Waals surface area (Å²) in [6.07, 6.45) is 5.06. The average molecular weight is 196 g/mol. The summed E-state index contributed by atoms with van der Waals surface area (Å²) in [5, 5.41) is 9.38. The van der Waals surface area contributed by atoms with Gasteiger partial charge in [0.1, 0.15) is 0 Å². The van der Waals surface area contributed by atoms with Gasteiger partial charge in [0.15, 0.2) is 0 Å². The number of anilines is 1. The number of aromatic nitrogens is 3. The van der Waals surface area contributed by atoms with Gasteiger partial charge in [-0.25, -0.2) is 5.10 Å². The maximum Gasteiger partial charge on any atom is 0.226 e. The molecule has 1 rings (SSSR count). The molecule has 1 aromatic heterocycles. The number of H-pyrrole nitrogens is 1. The fraction of sp³-hybridized carbons (Fsp3) is 0.286. The van der Waals surface area contributed by atoms with Crippen molar-refractivity contribution < 1.29 is 4.79 Å². The molecule has 6 heteroatoms. The van der Waals surface area contributed by atoms with E-state index >= 15 is 0 Å². The Kier molecular flexibility index (Phi) is 3.34. The van der Waals surface area contributed by atoms with Crippen molar-refractivity contribution in [3.05, 3.63) is 0 Å². The quantitative estimate of drug-likeness (QED) is 0.545. The monoisotopic (exact) mass is 196 g/mol. The van der Waals surface area contributed by atoms with Gasteiger partial charge >= 0.3 is 0 Å². The van der Waals surface area contributed by atoms with E-state index in [0.29, 0.717) is 16.9 Å². The summed E-state index contributed by atoms with van der Waals surface area (Å²) in [4.78, 5) is 14.6. The van der Waals surface area contributed by atoms with Gasteiger partial charge in [0, 0.05) is 6.92 Å². The lowest BCUT2D eigenvalue weighted by molar-refractivity contribution is -0.114. The Labute approximate surface area is 79.7 Å². The number of hydrogen-bond donors (Lipinski definition) is 2. The molecule has 0 aromatic carbocycles. The Balaban J connectivity index is 2.54. The van der Waals surface area contributed by atoms with E-state index in [1.54, 1.807) is 0 Å². The summed E-state index contributed by atoms with van der Waals surface area (Å²) in [6.45, 7) is 1.40. The Bertz CT molecular complexity index is 341. The molecule has 2 N–H and O–H groups in total. The van der Waals surface area contributed by atoms with Crippen LogP contribution in [0, 0.1) is 12.3 Å². The zero-order valence-corrected chi connectivity index (χ0v) is 7.81. The maximum atomic E-state index is 10.6. The number of nitrogens with one attached hydrogen (secondary N) is 2. The molecule has 0 unspecified atom stereocenters. The molecule has 0 saturated heterocycles. The second-order valence-electron chi connectivity index (χ2n) is 2.14. The molecule has 0 bridgehead atoms. The van der Waals surface area contributed by atoms with E-state index in [9.17, 15) is 4.79 Å². The number of terminal acetylenes is 1. The van der Waals surface area contributed by atoms with Crippen LogP contribution in [-0.2, 0) is 4.79 Å². The van der Waals surface area contributed by atoms with Gasteiger partial charge in [-0.2, -0.15) is 4.98 Å². The van der Waals surface area contributed by atoms with Crippen LogP contribution in [0.2, 0.25) is 0 Å². The molecule has 5 nitrogen and oxygen atoms in total. The normalized spacial score (nSPS) is 9.23. The lowest BCUT2D eigenvalue weighted by atomic mass is 10.7. The summed E-state index contributed by atoms with van der Waals surface area (Å²) in [6, 6.07) is 0. The Hall–Kier alpha value is -1.48. The molecule has 0 fully saturated rings. The lowest BCUT2D eigenvalue weighted by Gasteiger charge is -1.91. The van der Waals surface area contributed by atoms with Crippen molar-refractivity contribution in [2.75, 3.05) is 11.1 Å². The number of carbonyl (C=O) groups excluding carboxylic acids is 1. The van der Waals surface area contributed by atoms with Gasteiger partial charge in [-0.1, -0.05) is 17.7 Å². The third kappa shape index (κ3) is 3.17. The summed E-state index contributed by atoms with van der Waals surface area (Å²) in [5.41, 5.74) is 0. The summed E-state index contributed by atoms with van der Waals surface area (Å²) in [7, 11) is 0. The van der Waals surface area contributed by atoms with Gasteiger partial charge < -0.3 is 0 Å². The van der Waals surface area contributed by atoms with E-state index in [4.69, 9.17) is 6.42 Å². The van der Waals surface area contributed by atoms with E-state index in [1.165, 1.54) is 18.7 Å². The molecule has 68 valence electrons. The third-order valence-electron chi connectivity index (χ3n) is 1.04. The fourth-order valence-electron chi connectivity index (χ4n) is 0.640. The van der Waals surface area contributed by atoms with Crippen molar-refractivity contribution in [1.82, 2.24) is 15.2 Å². The van der Waals surface area contributed by atoms with Crippen molar-refractivity contribution in [3.63, 3.8) is 0 Å². The molecular weight excluding hydrogens is 188 g/mol. The van der Waals surface area contributed by atoms with Crippen LogP contribution < -0.4 is 5.32 Å².